The van der Waals surface area contributed by atoms with Crippen molar-refractivity contribution in [3.8, 4) is 0 Å². The van der Waals surface area contributed by atoms with E-state index in [-0.39, 0.29) is 18.2 Å². The van der Waals surface area contributed by atoms with Crippen LogP contribution in [0.1, 0.15) is 27.2 Å². The molecule has 0 aliphatic carbocycles. The minimum Gasteiger partial charge on any atom is -0.396 e. The van der Waals surface area contributed by atoms with Crippen molar-refractivity contribution in [1.29, 1.82) is 0 Å². The molecule has 0 bridgehead atoms. The van der Waals surface area contributed by atoms with E-state index >= 15 is 0 Å². The fraction of sp³-hybridized carbons (Fsp3) is 1.00. The summed E-state index contributed by atoms with van der Waals surface area (Å²) in [5.41, 5.74) is -0.100. The molecule has 0 radical (unpaired) electrons. The Morgan fingerprint density at radius 3 is 2.40 bits per heavy atom. The highest BCUT2D eigenvalue weighted by molar-refractivity contribution is 4.62. The van der Waals surface area contributed by atoms with Crippen molar-refractivity contribution in [2.75, 3.05) is 33.5 Å². The van der Waals surface area contributed by atoms with Gasteiger partial charge in [0.1, 0.15) is 0 Å². The van der Waals surface area contributed by atoms with Gasteiger partial charge in [0.05, 0.1) is 25.4 Å². The Bertz CT molecular complexity index is 145. The lowest BCUT2D eigenvalue weighted by Crippen LogP contribution is -2.32. The molecule has 0 aromatic rings. The number of ether oxygens (including phenoxy) is 2. The summed E-state index contributed by atoms with van der Waals surface area (Å²) in [5, 5.41) is 11.8. The zero-order valence-corrected chi connectivity index (χ0v) is 10.4. The molecule has 92 valence electrons. The molecule has 0 aliphatic rings. The third-order valence-electron chi connectivity index (χ3n) is 1.97. The highest BCUT2D eigenvalue weighted by atomic mass is 16.5. The van der Waals surface area contributed by atoms with Crippen LogP contribution in [-0.2, 0) is 9.47 Å². The van der Waals surface area contributed by atoms with Gasteiger partial charge in [0.15, 0.2) is 0 Å². The summed E-state index contributed by atoms with van der Waals surface area (Å²) in [5.74, 6) is 0. The Kier molecular flexibility index (Phi) is 7.96. The van der Waals surface area contributed by atoms with Crippen LogP contribution < -0.4 is 5.32 Å². The molecule has 0 rings (SSSR count). The van der Waals surface area contributed by atoms with Gasteiger partial charge < -0.3 is 19.9 Å². The quantitative estimate of drug-likeness (QED) is 0.593. The molecule has 0 aliphatic heterocycles. The van der Waals surface area contributed by atoms with Crippen LogP contribution in [-0.4, -0.2) is 50.2 Å². The minimum absolute atomic E-state index is 0.100. The summed E-state index contributed by atoms with van der Waals surface area (Å²) in [4.78, 5) is 0. The molecule has 0 heterocycles. The number of rotatable bonds is 8. The summed E-state index contributed by atoms with van der Waals surface area (Å²) in [6.45, 7) is 8.08. The maximum atomic E-state index is 8.76. The van der Waals surface area contributed by atoms with Gasteiger partial charge in [0.2, 0.25) is 0 Å². The fourth-order valence-electron chi connectivity index (χ4n) is 1.10. The predicted octanol–water partition coefficient (Wildman–Crippen LogP) is 0.788. The monoisotopic (exact) mass is 219 g/mol. The molecule has 0 spiro atoms. The largest absolute Gasteiger partial charge is 0.396 e. The van der Waals surface area contributed by atoms with Gasteiger partial charge in [0, 0.05) is 12.6 Å². The van der Waals surface area contributed by atoms with Crippen molar-refractivity contribution >= 4 is 0 Å². The summed E-state index contributed by atoms with van der Waals surface area (Å²) < 4.78 is 10.9. The Balaban J connectivity index is 3.36. The first-order valence-electron chi connectivity index (χ1n) is 5.49. The highest BCUT2D eigenvalue weighted by Crippen LogP contribution is 2.05. The Labute approximate surface area is 93.0 Å². The summed E-state index contributed by atoms with van der Waals surface area (Å²) in [7, 11) is 1.87. The summed E-state index contributed by atoms with van der Waals surface area (Å²) in [6, 6.07) is 0.227. The first-order valence-corrected chi connectivity index (χ1v) is 5.49. The Morgan fingerprint density at radius 1 is 1.27 bits per heavy atom. The molecule has 4 heteroatoms. The second-order valence-corrected chi connectivity index (χ2v) is 4.53. The maximum Gasteiger partial charge on any atom is 0.0707 e. The molecule has 0 saturated carbocycles. The molecular formula is C11H25NO3. The number of aliphatic hydroxyl groups is 1. The van der Waals surface area contributed by atoms with Crippen molar-refractivity contribution < 1.29 is 14.6 Å². The van der Waals surface area contributed by atoms with E-state index in [2.05, 4.69) is 5.32 Å². The number of hydrogen-bond donors (Lipinski definition) is 2. The third kappa shape index (κ3) is 10.1. The average Bonchev–Trinajstić information content (AvgIpc) is 2.14. The van der Waals surface area contributed by atoms with E-state index < -0.39 is 0 Å². The lowest BCUT2D eigenvalue weighted by Gasteiger charge is -2.20. The molecule has 2 N–H and O–H groups in total. The van der Waals surface area contributed by atoms with E-state index in [1.165, 1.54) is 0 Å². The van der Waals surface area contributed by atoms with Crippen molar-refractivity contribution in [1.82, 2.24) is 5.32 Å². The summed E-state index contributed by atoms with van der Waals surface area (Å²) in [6.07, 6.45) is 0.719. The standard InChI is InChI=1S/C11H25NO3/c1-11(2,3)15-8-7-14-9-10(12-4)5-6-13/h10,12-13H,5-9H2,1-4H3. The average molecular weight is 219 g/mol. The van der Waals surface area contributed by atoms with Crippen molar-refractivity contribution in [3.05, 3.63) is 0 Å². The van der Waals surface area contributed by atoms with Crippen molar-refractivity contribution in [2.45, 2.75) is 38.8 Å². The topological polar surface area (TPSA) is 50.7 Å². The van der Waals surface area contributed by atoms with E-state index in [9.17, 15) is 0 Å². The van der Waals surface area contributed by atoms with Gasteiger partial charge in [-0.15, -0.1) is 0 Å². The number of aliphatic hydroxyl groups excluding tert-OH is 1. The Hall–Kier alpha value is -0.160. The normalized spacial score (nSPS) is 14.2. The molecule has 1 unspecified atom stereocenters. The van der Waals surface area contributed by atoms with Crippen LogP contribution in [0.2, 0.25) is 0 Å². The van der Waals surface area contributed by atoms with E-state index in [1.54, 1.807) is 0 Å². The first-order chi connectivity index (χ1) is 6.99. The molecule has 0 saturated heterocycles. The lowest BCUT2D eigenvalue weighted by molar-refractivity contribution is -0.0376. The molecule has 15 heavy (non-hydrogen) atoms. The van der Waals surface area contributed by atoms with Crippen molar-refractivity contribution in [2.24, 2.45) is 0 Å². The van der Waals surface area contributed by atoms with E-state index in [0.717, 1.165) is 6.42 Å². The van der Waals surface area contributed by atoms with Gasteiger partial charge in [-0.1, -0.05) is 0 Å². The molecule has 0 amide bonds. The van der Waals surface area contributed by atoms with Gasteiger partial charge >= 0.3 is 0 Å². The SMILES string of the molecule is CNC(CCO)COCCOC(C)(C)C. The predicted molar refractivity (Wildman–Crippen MR) is 61.1 cm³/mol. The second kappa shape index (κ2) is 8.05. The summed E-state index contributed by atoms with van der Waals surface area (Å²) >= 11 is 0. The van der Waals surface area contributed by atoms with Crippen LogP contribution in [0.5, 0.6) is 0 Å². The van der Waals surface area contributed by atoms with Crippen molar-refractivity contribution in [3.63, 3.8) is 0 Å². The number of likely N-dealkylation sites (N-methyl/N-ethyl adjacent to an activating group) is 1. The zero-order chi connectivity index (χ0) is 11.7. The third-order valence-corrected chi connectivity index (χ3v) is 1.97. The van der Waals surface area contributed by atoms with E-state index in [1.807, 2.05) is 27.8 Å². The van der Waals surface area contributed by atoms with E-state index in [4.69, 9.17) is 14.6 Å². The minimum atomic E-state index is -0.100. The zero-order valence-electron chi connectivity index (χ0n) is 10.4. The molecule has 1 atom stereocenters. The van der Waals surface area contributed by atoms with E-state index in [0.29, 0.717) is 19.8 Å². The van der Waals surface area contributed by atoms with Crippen LogP contribution in [0.4, 0.5) is 0 Å². The highest BCUT2D eigenvalue weighted by Gasteiger charge is 2.09. The Morgan fingerprint density at radius 2 is 1.93 bits per heavy atom. The van der Waals surface area contributed by atoms with Gasteiger partial charge in [-0.25, -0.2) is 0 Å². The molecule has 0 fully saturated rings. The molecule has 0 aromatic carbocycles. The van der Waals surface area contributed by atoms with Gasteiger partial charge in [-0.2, -0.15) is 0 Å². The van der Waals surface area contributed by atoms with Crippen LogP contribution in [0.15, 0.2) is 0 Å². The number of nitrogens with one attached hydrogen (secondary N) is 1. The van der Waals surface area contributed by atoms with Crippen LogP contribution in [0.3, 0.4) is 0 Å². The first kappa shape index (κ1) is 14.8. The van der Waals surface area contributed by atoms with Gasteiger partial charge in [-0.05, 0) is 34.2 Å². The molecular weight excluding hydrogens is 194 g/mol. The van der Waals surface area contributed by atoms with Crippen LogP contribution in [0.25, 0.3) is 0 Å². The lowest BCUT2D eigenvalue weighted by atomic mass is 10.2. The second-order valence-electron chi connectivity index (χ2n) is 4.53. The fourth-order valence-corrected chi connectivity index (χ4v) is 1.10. The molecule has 4 nitrogen and oxygen atoms in total. The molecule has 0 aromatic heterocycles. The van der Waals surface area contributed by atoms with Gasteiger partial charge in [0.25, 0.3) is 0 Å². The smallest absolute Gasteiger partial charge is 0.0707 e. The maximum absolute atomic E-state index is 8.76. The number of hydrogen-bond acceptors (Lipinski definition) is 4. The van der Waals surface area contributed by atoms with Gasteiger partial charge in [-0.3, -0.25) is 0 Å². The van der Waals surface area contributed by atoms with Crippen LogP contribution in [0, 0.1) is 0 Å². The van der Waals surface area contributed by atoms with Crippen LogP contribution >= 0.6 is 0 Å².